The zero-order chi connectivity index (χ0) is 20.8. The van der Waals surface area contributed by atoms with Gasteiger partial charge in [0.05, 0.1) is 12.8 Å². The molecule has 0 aliphatic carbocycles. The molecule has 1 fully saturated rings. The van der Waals surface area contributed by atoms with Crippen LogP contribution in [0.15, 0.2) is 47.1 Å². The lowest BCUT2D eigenvalue weighted by atomic mass is 9.98. The zero-order valence-electron chi connectivity index (χ0n) is 14.5. The van der Waals surface area contributed by atoms with Crippen LogP contribution in [-0.2, 0) is 19.5 Å². The molecule has 2 aliphatic rings. The molecule has 13 heteroatoms. The molecule has 1 aromatic carbocycles. The molecule has 4 rings (SSSR count). The number of urea groups is 1. The van der Waals surface area contributed by atoms with Gasteiger partial charge >= 0.3 is 16.4 Å². The monoisotopic (exact) mass is 422 g/mol. The lowest BCUT2D eigenvalue weighted by molar-refractivity contribution is -0.127. The fourth-order valence-corrected chi connectivity index (χ4v) is 3.67. The molecule has 1 saturated heterocycles. The van der Waals surface area contributed by atoms with Crippen LogP contribution in [0.4, 0.5) is 4.79 Å². The second-order valence-electron chi connectivity index (χ2n) is 6.23. The highest BCUT2D eigenvalue weighted by Gasteiger charge is 2.53. The summed E-state index contributed by atoms with van der Waals surface area (Å²) in [5, 5.41) is 0.458. The number of nitrogens with zero attached hydrogens (tertiary/aromatic N) is 2. The lowest BCUT2D eigenvalue weighted by Gasteiger charge is -2.28. The molecule has 1 aromatic heterocycles. The van der Waals surface area contributed by atoms with E-state index in [1.54, 1.807) is 30.3 Å². The van der Waals surface area contributed by atoms with E-state index in [2.05, 4.69) is 15.1 Å². The Morgan fingerprint density at radius 3 is 2.59 bits per heavy atom. The number of nitrogens with one attached hydrogen (secondary N) is 2. The molecule has 2 bridgehead atoms. The molecule has 3 N–H and O–H groups in total. The summed E-state index contributed by atoms with van der Waals surface area (Å²) in [6.07, 6.45) is 1.27. The van der Waals surface area contributed by atoms with Crippen molar-refractivity contribution in [1.29, 1.82) is 0 Å². The standard InChI is InChI=1S/C16H14N4O8S/c21-14(9-4-2-1-3-5-9)17-18-15(22)12-13-10(6-7-27-13)11-8-19(12)16(23)20(11)28-29(24,25)26/h1-7,11-12H,8H2,(H,17,21)(H,18,22)(H,24,25,26)/t11-,12-/m0/s1. The van der Waals surface area contributed by atoms with Crippen molar-refractivity contribution in [3.8, 4) is 0 Å². The SMILES string of the molecule is O=C(NNC(=O)[C@@H]1c2occc2[C@@H]2CN1C(=O)N2OS(=O)(=O)O)c1ccccc1. The van der Waals surface area contributed by atoms with Gasteiger partial charge in [-0.2, -0.15) is 13.5 Å². The van der Waals surface area contributed by atoms with Crippen LogP contribution in [0.25, 0.3) is 0 Å². The number of hydrogen-bond donors (Lipinski definition) is 3. The Hall–Kier alpha value is -3.42. The maximum atomic E-state index is 12.7. The van der Waals surface area contributed by atoms with E-state index in [4.69, 9.17) is 8.97 Å². The highest BCUT2D eigenvalue weighted by molar-refractivity contribution is 7.80. The molecule has 0 unspecified atom stereocenters. The third kappa shape index (κ3) is 3.41. The van der Waals surface area contributed by atoms with E-state index >= 15 is 0 Å². The first-order chi connectivity index (χ1) is 13.8. The molecule has 4 amide bonds. The number of carbonyl (C=O) groups is 3. The normalized spacial score (nSPS) is 20.4. The van der Waals surface area contributed by atoms with Gasteiger partial charge < -0.3 is 9.32 Å². The summed E-state index contributed by atoms with van der Waals surface area (Å²) in [4.78, 5) is 38.4. The summed E-state index contributed by atoms with van der Waals surface area (Å²) in [7, 11) is -4.96. The molecular weight excluding hydrogens is 408 g/mol. The van der Waals surface area contributed by atoms with Crippen molar-refractivity contribution in [2.75, 3.05) is 6.54 Å². The lowest BCUT2D eigenvalue weighted by Crippen LogP contribution is -2.49. The maximum absolute atomic E-state index is 12.7. The largest absolute Gasteiger partial charge is 0.466 e. The number of hydrazine groups is 1. The van der Waals surface area contributed by atoms with Crippen molar-refractivity contribution < 1.29 is 36.1 Å². The molecular formula is C16H14N4O8S. The van der Waals surface area contributed by atoms with E-state index in [0.717, 1.165) is 4.90 Å². The summed E-state index contributed by atoms with van der Waals surface area (Å²) in [5.41, 5.74) is 5.12. The number of hydrogen-bond acceptors (Lipinski definition) is 7. The van der Waals surface area contributed by atoms with Crippen molar-refractivity contribution in [2.24, 2.45) is 0 Å². The molecule has 12 nitrogen and oxygen atoms in total. The molecule has 29 heavy (non-hydrogen) atoms. The first-order valence-electron chi connectivity index (χ1n) is 8.25. The Kier molecular flexibility index (Phi) is 4.49. The van der Waals surface area contributed by atoms with Crippen LogP contribution in [0.3, 0.4) is 0 Å². The van der Waals surface area contributed by atoms with Gasteiger partial charge in [-0.1, -0.05) is 18.2 Å². The number of benzene rings is 1. The second kappa shape index (κ2) is 6.88. The third-order valence-corrected chi connectivity index (χ3v) is 4.84. The van der Waals surface area contributed by atoms with E-state index in [9.17, 15) is 22.8 Å². The quantitative estimate of drug-likeness (QED) is 0.469. The Morgan fingerprint density at radius 2 is 1.90 bits per heavy atom. The van der Waals surface area contributed by atoms with Crippen LogP contribution < -0.4 is 10.9 Å². The van der Waals surface area contributed by atoms with E-state index in [-0.39, 0.29) is 12.3 Å². The Morgan fingerprint density at radius 1 is 1.17 bits per heavy atom. The van der Waals surface area contributed by atoms with Crippen LogP contribution in [0, 0.1) is 0 Å². The highest BCUT2D eigenvalue weighted by Crippen LogP contribution is 2.44. The summed E-state index contributed by atoms with van der Waals surface area (Å²) >= 11 is 0. The van der Waals surface area contributed by atoms with Crippen molar-refractivity contribution in [2.45, 2.75) is 12.1 Å². The van der Waals surface area contributed by atoms with E-state index in [1.807, 2.05) is 0 Å². The van der Waals surface area contributed by atoms with Gasteiger partial charge in [-0.05, 0) is 18.2 Å². The topological polar surface area (TPSA) is 158 Å². The summed E-state index contributed by atoms with van der Waals surface area (Å²) in [6, 6.07) is 6.44. The predicted octanol–water partition coefficient (Wildman–Crippen LogP) is 0.309. The number of furan rings is 1. The molecule has 0 saturated carbocycles. The fourth-order valence-electron chi connectivity index (χ4n) is 3.30. The van der Waals surface area contributed by atoms with Crippen molar-refractivity contribution >= 4 is 28.2 Å². The first kappa shape index (κ1) is 18.9. The molecule has 2 aromatic rings. The number of hydroxylamine groups is 2. The van der Waals surface area contributed by atoms with Gasteiger partial charge in [0.25, 0.3) is 11.8 Å². The number of amides is 4. The highest BCUT2D eigenvalue weighted by atomic mass is 32.3. The predicted molar refractivity (Wildman–Crippen MR) is 92.8 cm³/mol. The molecule has 3 heterocycles. The van der Waals surface area contributed by atoms with Gasteiger partial charge in [0, 0.05) is 11.1 Å². The second-order valence-corrected chi connectivity index (χ2v) is 7.24. The van der Waals surface area contributed by atoms with Crippen molar-refractivity contribution in [3.63, 3.8) is 0 Å². The van der Waals surface area contributed by atoms with Crippen LogP contribution in [-0.4, -0.2) is 47.3 Å². The summed E-state index contributed by atoms with van der Waals surface area (Å²) in [5.74, 6) is -1.27. The van der Waals surface area contributed by atoms with Gasteiger partial charge in [0.15, 0.2) is 6.04 Å². The van der Waals surface area contributed by atoms with Crippen molar-refractivity contribution in [3.05, 3.63) is 59.5 Å². The zero-order valence-corrected chi connectivity index (χ0v) is 15.3. The van der Waals surface area contributed by atoms with Crippen molar-refractivity contribution in [1.82, 2.24) is 20.8 Å². The summed E-state index contributed by atoms with van der Waals surface area (Å²) < 4.78 is 40.8. The van der Waals surface area contributed by atoms with E-state index < -0.39 is 40.3 Å². The minimum atomic E-state index is -4.96. The Balaban J connectivity index is 1.55. The third-order valence-electron chi connectivity index (χ3n) is 4.49. The number of rotatable bonds is 4. The fraction of sp³-hybridized carbons (Fsp3) is 0.188. The molecule has 2 atom stereocenters. The smallest absolute Gasteiger partial charge is 0.418 e. The van der Waals surface area contributed by atoms with Crippen LogP contribution in [0.5, 0.6) is 0 Å². The average Bonchev–Trinajstić information content (AvgIpc) is 3.26. The van der Waals surface area contributed by atoms with Gasteiger partial charge in [-0.25, -0.2) is 4.79 Å². The van der Waals surface area contributed by atoms with Crippen LogP contribution in [0.2, 0.25) is 0 Å². The average molecular weight is 422 g/mol. The maximum Gasteiger partial charge on any atom is 0.418 e. The minimum Gasteiger partial charge on any atom is -0.466 e. The molecule has 2 aliphatic heterocycles. The minimum absolute atomic E-state index is 0.0856. The first-order valence-corrected chi connectivity index (χ1v) is 9.62. The Labute approximate surface area is 163 Å². The van der Waals surface area contributed by atoms with Crippen LogP contribution in [0.1, 0.15) is 33.8 Å². The van der Waals surface area contributed by atoms with Gasteiger partial charge in [-0.15, -0.1) is 4.28 Å². The van der Waals surface area contributed by atoms with Gasteiger partial charge in [-0.3, -0.25) is 25.0 Å². The summed E-state index contributed by atoms with van der Waals surface area (Å²) in [6.45, 7) is -0.0917. The van der Waals surface area contributed by atoms with E-state index in [1.165, 1.54) is 12.3 Å². The Bertz CT molecular complexity index is 1080. The van der Waals surface area contributed by atoms with E-state index in [0.29, 0.717) is 16.2 Å². The number of fused-ring (bicyclic) bond motifs is 4. The van der Waals surface area contributed by atoms with Gasteiger partial charge in [0.2, 0.25) is 0 Å². The van der Waals surface area contributed by atoms with Crippen LogP contribution >= 0.6 is 0 Å². The van der Waals surface area contributed by atoms with Gasteiger partial charge in [0.1, 0.15) is 11.8 Å². The molecule has 0 radical (unpaired) electrons. The number of carbonyl (C=O) groups excluding carboxylic acids is 3. The molecule has 152 valence electrons. The molecule has 0 spiro atoms.